The third-order valence-electron chi connectivity index (χ3n) is 7.80. The van der Waals surface area contributed by atoms with Gasteiger partial charge in [0.15, 0.2) is 0 Å². The largest absolute Gasteiger partial charge is 0.497 e. The minimum absolute atomic E-state index is 0.0639. The van der Waals surface area contributed by atoms with Gasteiger partial charge in [0.2, 0.25) is 5.91 Å². The van der Waals surface area contributed by atoms with Crippen LogP contribution in [0.1, 0.15) is 41.5 Å². The molecular weight excluding hydrogens is 572 g/mol. The number of amides is 1. The van der Waals surface area contributed by atoms with Crippen molar-refractivity contribution < 1.29 is 24.4 Å². The van der Waals surface area contributed by atoms with Crippen molar-refractivity contribution in [3.05, 3.63) is 142 Å². The van der Waals surface area contributed by atoms with E-state index in [-0.39, 0.29) is 18.5 Å². The Hall–Kier alpha value is -5.06. The summed E-state index contributed by atoms with van der Waals surface area (Å²) in [4.78, 5) is 35.1. The number of hydrogen-bond acceptors (Lipinski definition) is 7. The van der Waals surface area contributed by atoms with Crippen LogP contribution in [-0.4, -0.2) is 47.6 Å². The maximum absolute atomic E-state index is 12.7. The van der Waals surface area contributed by atoms with Gasteiger partial charge in [-0.05, 0) is 66.6 Å². The van der Waals surface area contributed by atoms with Crippen molar-refractivity contribution in [3.63, 3.8) is 0 Å². The Kier molecular flexibility index (Phi) is 11.4. The van der Waals surface area contributed by atoms with Crippen LogP contribution >= 0.6 is 0 Å². The van der Waals surface area contributed by atoms with Gasteiger partial charge in [0.1, 0.15) is 11.8 Å². The second kappa shape index (κ2) is 15.6. The molecule has 5 N–H and O–H groups in total. The Bertz CT molecular complexity index is 1510. The zero-order valence-electron chi connectivity index (χ0n) is 25.1. The summed E-state index contributed by atoms with van der Waals surface area (Å²) in [6, 6.07) is 31.9. The first-order chi connectivity index (χ1) is 21.7. The number of unbranched alkanes of at least 4 members (excludes halogenated alkanes) is 1. The predicted octanol–water partition coefficient (Wildman–Crippen LogP) is 4.79. The standard InChI is InChI=1S/C35H38N4O6/c1-45-30-21-17-28(18-22-30)35(26-10-4-2-5-11-26,27-12-6-3-7-13-27)37-23-9-8-14-32(34(41)42)38-33(40)31(36)24-25-15-19-29(20-16-25)39(43)44/h2-7,10-13,15-22,31-32,37H,8-9,14,23-24,36H2,1H3,(H,38,40)(H,41,42). The summed E-state index contributed by atoms with van der Waals surface area (Å²) < 4.78 is 5.40. The lowest BCUT2D eigenvalue weighted by molar-refractivity contribution is -0.384. The smallest absolute Gasteiger partial charge is 0.326 e. The SMILES string of the molecule is COc1ccc(C(NCCCCC(NC(=O)C(N)Cc2ccc([N+](=O)[O-])cc2)C(=O)O)(c2ccccc2)c2ccccc2)cc1. The van der Waals surface area contributed by atoms with Crippen LogP contribution in [0.4, 0.5) is 5.69 Å². The number of carboxylic acid groups (broad SMARTS) is 1. The molecule has 4 aromatic rings. The van der Waals surface area contributed by atoms with Gasteiger partial charge >= 0.3 is 5.97 Å². The highest BCUT2D eigenvalue weighted by molar-refractivity contribution is 5.87. The summed E-state index contributed by atoms with van der Waals surface area (Å²) >= 11 is 0. The van der Waals surface area contributed by atoms with Crippen molar-refractivity contribution in [2.45, 2.75) is 43.3 Å². The van der Waals surface area contributed by atoms with Crippen molar-refractivity contribution in [1.82, 2.24) is 10.6 Å². The van der Waals surface area contributed by atoms with Gasteiger partial charge in [-0.15, -0.1) is 0 Å². The first kappa shape index (κ1) is 32.8. The van der Waals surface area contributed by atoms with E-state index in [0.717, 1.165) is 22.4 Å². The molecule has 0 aliphatic heterocycles. The molecule has 234 valence electrons. The molecular formula is C35H38N4O6. The van der Waals surface area contributed by atoms with Gasteiger partial charge in [0.05, 0.1) is 23.6 Å². The average Bonchev–Trinajstić information content (AvgIpc) is 3.07. The third-order valence-corrected chi connectivity index (χ3v) is 7.80. The van der Waals surface area contributed by atoms with Gasteiger partial charge in [0.25, 0.3) is 5.69 Å². The predicted molar refractivity (Wildman–Crippen MR) is 172 cm³/mol. The molecule has 0 aromatic heterocycles. The third kappa shape index (κ3) is 8.31. The Balaban J connectivity index is 1.42. The van der Waals surface area contributed by atoms with E-state index in [0.29, 0.717) is 24.9 Å². The highest BCUT2D eigenvalue weighted by Gasteiger charge is 2.35. The van der Waals surface area contributed by atoms with Gasteiger partial charge in [0, 0.05) is 12.1 Å². The number of carboxylic acids is 1. The summed E-state index contributed by atoms with van der Waals surface area (Å²) in [5.74, 6) is -0.978. The van der Waals surface area contributed by atoms with Crippen molar-refractivity contribution in [2.75, 3.05) is 13.7 Å². The number of nitrogens with two attached hydrogens (primary N) is 1. The quantitative estimate of drug-likeness (QED) is 0.0610. The molecule has 0 aliphatic rings. The van der Waals surface area contributed by atoms with E-state index in [1.165, 1.54) is 24.3 Å². The van der Waals surface area contributed by atoms with Crippen LogP contribution in [0.2, 0.25) is 0 Å². The number of nitrogens with one attached hydrogen (secondary N) is 2. The zero-order valence-corrected chi connectivity index (χ0v) is 25.1. The van der Waals surface area contributed by atoms with Crippen LogP contribution in [0.3, 0.4) is 0 Å². The van der Waals surface area contributed by atoms with Crippen LogP contribution in [0.25, 0.3) is 0 Å². The fourth-order valence-corrected chi connectivity index (χ4v) is 5.41. The molecule has 10 heteroatoms. The lowest BCUT2D eigenvalue weighted by Crippen LogP contribution is -2.49. The molecule has 0 aliphatic carbocycles. The molecule has 0 spiro atoms. The van der Waals surface area contributed by atoms with Crippen molar-refractivity contribution in [1.29, 1.82) is 0 Å². The molecule has 0 saturated carbocycles. The Morgan fingerprint density at radius 1 is 0.867 bits per heavy atom. The Morgan fingerprint density at radius 3 is 1.93 bits per heavy atom. The number of hydrogen-bond donors (Lipinski definition) is 4. The zero-order chi connectivity index (χ0) is 32.2. The number of nitrogens with zero attached hydrogens (tertiary/aromatic N) is 1. The molecule has 0 radical (unpaired) electrons. The number of ether oxygens (including phenoxy) is 1. The van der Waals surface area contributed by atoms with Crippen molar-refractivity contribution >= 4 is 17.6 Å². The number of non-ortho nitro benzene ring substituents is 1. The Morgan fingerprint density at radius 2 is 1.42 bits per heavy atom. The minimum atomic E-state index is -1.14. The van der Waals surface area contributed by atoms with Crippen molar-refractivity contribution in [3.8, 4) is 5.75 Å². The van der Waals surface area contributed by atoms with Gasteiger partial charge in [-0.2, -0.15) is 0 Å². The van der Waals surface area contributed by atoms with E-state index in [9.17, 15) is 24.8 Å². The van der Waals surface area contributed by atoms with E-state index < -0.39 is 34.4 Å². The second-order valence-electron chi connectivity index (χ2n) is 10.8. The number of nitro benzene ring substituents is 1. The lowest BCUT2D eigenvalue weighted by Gasteiger charge is -2.37. The number of benzene rings is 4. The molecule has 2 atom stereocenters. The second-order valence-corrected chi connectivity index (χ2v) is 10.8. The van der Waals surface area contributed by atoms with E-state index in [1.807, 2.05) is 60.7 Å². The van der Waals surface area contributed by atoms with Gasteiger partial charge < -0.3 is 20.9 Å². The van der Waals surface area contributed by atoms with Crippen LogP contribution in [0.5, 0.6) is 5.75 Å². The average molecular weight is 611 g/mol. The molecule has 4 aromatic carbocycles. The summed E-state index contributed by atoms with van der Waals surface area (Å²) in [5.41, 5.74) is 9.08. The monoisotopic (exact) mass is 610 g/mol. The van der Waals surface area contributed by atoms with E-state index >= 15 is 0 Å². The first-order valence-electron chi connectivity index (χ1n) is 14.8. The molecule has 2 unspecified atom stereocenters. The number of carbonyl (C=O) groups excluding carboxylic acids is 1. The number of aliphatic carboxylic acids is 1. The summed E-state index contributed by atoms with van der Waals surface area (Å²) in [6.07, 6.45) is 1.52. The number of nitro groups is 1. The first-order valence-corrected chi connectivity index (χ1v) is 14.8. The number of methoxy groups -OCH3 is 1. The molecule has 0 fully saturated rings. The Labute approximate surface area is 262 Å². The molecule has 4 rings (SSSR count). The molecule has 10 nitrogen and oxygen atoms in total. The van der Waals surface area contributed by atoms with Crippen LogP contribution < -0.4 is 21.1 Å². The fourth-order valence-electron chi connectivity index (χ4n) is 5.41. The van der Waals surface area contributed by atoms with Gasteiger partial charge in [-0.3, -0.25) is 20.2 Å². The highest BCUT2D eigenvalue weighted by atomic mass is 16.6. The number of carbonyl (C=O) groups is 2. The maximum atomic E-state index is 12.7. The van der Waals surface area contributed by atoms with E-state index in [1.54, 1.807) is 7.11 Å². The molecule has 0 saturated heterocycles. The van der Waals surface area contributed by atoms with Gasteiger partial charge in [-0.1, -0.05) is 84.9 Å². The summed E-state index contributed by atoms with van der Waals surface area (Å²) in [5, 5.41) is 27.0. The maximum Gasteiger partial charge on any atom is 0.326 e. The van der Waals surface area contributed by atoms with Crippen molar-refractivity contribution in [2.24, 2.45) is 5.73 Å². The van der Waals surface area contributed by atoms with E-state index in [4.69, 9.17) is 10.5 Å². The van der Waals surface area contributed by atoms with E-state index in [2.05, 4.69) is 34.9 Å². The van der Waals surface area contributed by atoms with Gasteiger partial charge in [-0.25, -0.2) is 4.79 Å². The van der Waals surface area contributed by atoms with Crippen LogP contribution in [-0.2, 0) is 21.5 Å². The van der Waals surface area contributed by atoms with Crippen LogP contribution in [0, 0.1) is 10.1 Å². The topological polar surface area (TPSA) is 157 Å². The van der Waals surface area contributed by atoms with Crippen LogP contribution in [0.15, 0.2) is 109 Å². The fraction of sp³-hybridized carbons (Fsp3) is 0.257. The number of rotatable bonds is 16. The highest BCUT2D eigenvalue weighted by Crippen LogP contribution is 2.37. The molecule has 0 heterocycles. The normalized spacial score (nSPS) is 12.6. The molecule has 1 amide bonds. The molecule has 0 bridgehead atoms. The molecule has 45 heavy (non-hydrogen) atoms. The minimum Gasteiger partial charge on any atom is -0.497 e. The lowest BCUT2D eigenvalue weighted by atomic mass is 9.77. The summed E-state index contributed by atoms with van der Waals surface area (Å²) in [6.45, 7) is 0.565. The summed E-state index contributed by atoms with van der Waals surface area (Å²) in [7, 11) is 1.63.